The SMILES string of the molecule is COC(=O)C1=C(C(=O)OC)N(c2ccc3c(C)cc(Cl)nc3c2)C(N)=C(C#N)C1c1ccccc1. The third-order valence-electron chi connectivity index (χ3n) is 5.84. The number of hydrogen-bond acceptors (Lipinski definition) is 8. The van der Waals surface area contributed by atoms with E-state index in [4.69, 9.17) is 26.8 Å². The van der Waals surface area contributed by atoms with Crippen LogP contribution in [0.25, 0.3) is 10.9 Å². The van der Waals surface area contributed by atoms with Crippen LogP contribution in [0, 0.1) is 18.3 Å². The van der Waals surface area contributed by atoms with Gasteiger partial charge < -0.3 is 15.2 Å². The fourth-order valence-corrected chi connectivity index (χ4v) is 4.53. The highest BCUT2D eigenvalue weighted by molar-refractivity contribution is 6.30. The average Bonchev–Trinajstić information content (AvgIpc) is 2.86. The Morgan fingerprint density at radius 2 is 1.77 bits per heavy atom. The van der Waals surface area contributed by atoms with E-state index in [0.717, 1.165) is 10.9 Å². The van der Waals surface area contributed by atoms with Crippen molar-refractivity contribution in [3.8, 4) is 6.07 Å². The number of nitrogens with two attached hydrogens (primary N) is 1. The van der Waals surface area contributed by atoms with Gasteiger partial charge >= 0.3 is 11.9 Å². The normalized spacial score (nSPS) is 15.7. The first kappa shape index (κ1) is 23.8. The predicted molar refractivity (Wildman–Crippen MR) is 131 cm³/mol. The maximum absolute atomic E-state index is 13.1. The lowest BCUT2D eigenvalue weighted by molar-refractivity contribution is -0.139. The van der Waals surface area contributed by atoms with Crippen molar-refractivity contribution in [2.24, 2.45) is 5.73 Å². The fraction of sp³-hybridized carbons (Fsp3) is 0.154. The van der Waals surface area contributed by atoms with Crippen molar-refractivity contribution in [3.63, 3.8) is 0 Å². The molecule has 1 unspecified atom stereocenters. The molecule has 176 valence electrons. The molecule has 0 bridgehead atoms. The zero-order valence-electron chi connectivity index (χ0n) is 19.2. The zero-order chi connectivity index (χ0) is 25.3. The molecule has 0 aliphatic carbocycles. The lowest BCUT2D eigenvalue weighted by atomic mass is 9.81. The Hall–Kier alpha value is -4.35. The van der Waals surface area contributed by atoms with Gasteiger partial charge in [-0.3, -0.25) is 4.90 Å². The van der Waals surface area contributed by atoms with Gasteiger partial charge in [-0.25, -0.2) is 14.6 Å². The lowest BCUT2D eigenvalue weighted by Crippen LogP contribution is -2.40. The van der Waals surface area contributed by atoms with Gasteiger partial charge in [-0.1, -0.05) is 48.0 Å². The zero-order valence-corrected chi connectivity index (χ0v) is 20.0. The Labute approximate surface area is 206 Å². The van der Waals surface area contributed by atoms with Crippen molar-refractivity contribution in [1.82, 2.24) is 4.98 Å². The van der Waals surface area contributed by atoms with E-state index in [1.807, 2.05) is 6.92 Å². The Morgan fingerprint density at radius 3 is 2.40 bits per heavy atom. The van der Waals surface area contributed by atoms with E-state index in [-0.39, 0.29) is 22.7 Å². The highest BCUT2D eigenvalue weighted by Gasteiger charge is 2.43. The molecule has 2 aromatic carbocycles. The standard InChI is InChI=1S/C26H21ClN4O4/c1-14-11-20(27)30-19-12-16(9-10-17(14)19)31-23(26(33)35-3)22(25(32)34-2)21(18(13-28)24(31)29)15-7-5-4-6-8-15/h4-12,21H,29H2,1-3H3. The molecule has 1 aromatic heterocycles. The molecule has 0 amide bonds. The predicted octanol–water partition coefficient (Wildman–Crippen LogP) is 4.09. The molecule has 2 N–H and O–H groups in total. The highest BCUT2D eigenvalue weighted by atomic mass is 35.5. The third kappa shape index (κ3) is 4.07. The van der Waals surface area contributed by atoms with Gasteiger partial charge in [0.25, 0.3) is 0 Å². The molecule has 9 heteroatoms. The number of aromatic nitrogens is 1. The van der Waals surface area contributed by atoms with Gasteiger partial charge in [0, 0.05) is 5.39 Å². The van der Waals surface area contributed by atoms with Crippen LogP contribution < -0.4 is 10.6 Å². The van der Waals surface area contributed by atoms with Crippen LogP contribution in [-0.4, -0.2) is 31.1 Å². The number of ether oxygens (including phenoxy) is 2. The van der Waals surface area contributed by atoms with E-state index in [1.165, 1.54) is 19.1 Å². The van der Waals surface area contributed by atoms with Crippen molar-refractivity contribution in [1.29, 1.82) is 5.26 Å². The molecule has 0 spiro atoms. The van der Waals surface area contributed by atoms with Crippen molar-refractivity contribution in [2.75, 3.05) is 19.1 Å². The third-order valence-corrected chi connectivity index (χ3v) is 6.03. The van der Waals surface area contributed by atoms with Gasteiger partial charge in [0.2, 0.25) is 0 Å². The summed E-state index contributed by atoms with van der Waals surface area (Å²) in [7, 11) is 2.40. The number of aryl methyl sites for hydroxylation is 1. The first-order valence-corrected chi connectivity index (χ1v) is 10.9. The Morgan fingerprint density at radius 1 is 1.09 bits per heavy atom. The number of nitrogens with zero attached hydrogens (tertiary/aromatic N) is 3. The van der Waals surface area contributed by atoms with Gasteiger partial charge in [-0.05, 0) is 36.2 Å². The summed E-state index contributed by atoms with van der Waals surface area (Å²) in [6.07, 6.45) is 0. The van der Waals surface area contributed by atoms with Gasteiger partial charge in [0.05, 0.1) is 48.6 Å². The molecule has 35 heavy (non-hydrogen) atoms. The molecule has 0 saturated carbocycles. The number of rotatable bonds is 4. The largest absolute Gasteiger partial charge is 0.466 e. The van der Waals surface area contributed by atoms with Crippen molar-refractivity contribution in [3.05, 3.63) is 93.5 Å². The summed E-state index contributed by atoms with van der Waals surface area (Å²) in [5, 5.41) is 11.3. The van der Waals surface area contributed by atoms with E-state index in [2.05, 4.69) is 11.1 Å². The number of allylic oxidation sites excluding steroid dienone is 1. The molecule has 0 fully saturated rings. The molecule has 0 saturated heterocycles. The number of esters is 2. The second-order valence-corrected chi connectivity index (χ2v) is 8.19. The van der Waals surface area contributed by atoms with Crippen LogP contribution in [0.5, 0.6) is 0 Å². The second-order valence-electron chi connectivity index (χ2n) is 7.80. The van der Waals surface area contributed by atoms with Crippen LogP contribution in [0.1, 0.15) is 17.0 Å². The minimum Gasteiger partial charge on any atom is -0.466 e. The maximum atomic E-state index is 13.1. The van der Waals surface area contributed by atoms with Gasteiger partial charge in [0.1, 0.15) is 16.7 Å². The van der Waals surface area contributed by atoms with Gasteiger partial charge in [-0.15, -0.1) is 0 Å². The van der Waals surface area contributed by atoms with E-state index in [9.17, 15) is 14.9 Å². The summed E-state index contributed by atoms with van der Waals surface area (Å²) in [6, 6.07) is 17.9. The number of methoxy groups -OCH3 is 2. The Bertz CT molecular complexity index is 1460. The lowest BCUT2D eigenvalue weighted by Gasteiger charge is -2.36. The first-order valence-electron chi connectivity index (χ1n) is 10.5. The van der Waals surface area contributed by atoms with Crippen LogP contribution in [-0.2, 0) is 19.1 Å². The molecule has 8 nitrogen and oxygen atoms in total. The average molecular weight is 489 g/mol. The van der Waals surface area contributed by atoms with Crippen LogP contribution in [0.15, 0.2) is 77.3 Å². The summed E-state index contributed by atoms with van der Waals surface area (Å²) in [6.45, 7) is 1.90. The number of carbonyl (C=O) groups excluding carboxylic acids is 2. The number of hydrogen-bond donors (Lipinski definition) is 1. The van der Waals surface area contributed by atoms with Crippen LogP contribution in [0.2, 0.25) is 5.15 Å². The molecule has 0 radical (unpaired) electrons. The monoisotopic (exact) mass is 488 g/mol. The number of fused-ring (bicyclic) bond motifs is 1. The van der Waals surface area contributed by atoms with Crippen molar-refractivity contribution < 1.29 is 19.1 Å². The minimum atomic E-state index is -0.936. The van der Waals surface area contributed by atoms with E-state index in [0.29, 0.717) is 21.9 Å². The molecule has 1 aliphatic heterocycles. The number of anilines is 1. The second kappa shape index (κ2) is 9.49. The summed E-state index contributed by atoms with van der Waals surface area (Å²) in [5.74, 6) is -2.56. The van der Waals surface area contributed by atoms with E-state index >= 15 is 0 Å². The quantitative estimate of drug-likeness (QED) is 0.430. The Kier molecular flexibility index (Phi) is 6.45. The number of halogens is 1. The summed E-state index contributed by atoms with van der Waals surface area (Å²) in [5.41, 5.74) is 8.84. The van der Waals surface area contributed by atoms with Crippen LogP contribution >= 0.6 is 11.6 Å². The van der Waals surface area contributed by atoms with Crippen molar-refractivity contribution >= 4 is 40.1 Å². The smallest absolute Gasteiger partial charge is 0.355 e. The van der Waals surface area contributed by atoms with Crippen LogP contribution in [0.3, 0.4) is 0 Å². The van der Waals surface area contributed by atoms with Gasteiger partial charge in [-0.2, -0.15) is 5.26 Å². The van der Waals surface area contributed by atoms with Crippen LogP contribution in [0.4, 0.5) is 5.69 Å². The summed E-state index contributed by atoms with van der Waals surface area (Å²) >= 11 is 6.16. The minimum absolute atomic E-state index is 0.0208. The number of carbonyl (C=O) groups is 2. The summed E-state index contributed by atoms with van der Waals surface area (Å²) in [4.78, 5) is 32.0. The number of pyridine rings is 1. The van der Waals surface area contributed by atoms with Crippen molar-refractivity contribution in [2.45, 2.75) is 12.8 Å². The molecular formula is C26H21ClN4O4. The first-order chi connectivity index (χ1) is 16.8. The molecule has 4 rings (SSSR count). The van der Waals surface area contributed by atoms with E-state index in [1.54, 1.807) is 54.6 Å². The summed E-state index contributed by atoms with van der Waals surface area (Å²) < 4.78 is 10.1. The topological polar surface area (TPSA) is 119 Å². The van der Waals surface area contributed by atoms with Gasteiger partial charge in [0.15, 0.2) is 0 Å². The molecule has 1 aliphatic rings. The number of benzene rings is 2. The Balaban J connectivity index is 2.07. The molecular weight excluding hydrogens is 468 g/mol. The molecule has 3 aromatic rings. The maximum Gasteiger partial charge on any atom is 0.355 e. The highest BCUT2D eigenvalue weighted by Crippen LogP contribution is 2.43. The van der Waals surface area contributed by atoms with E-state index < -0.39 is 17.9 Å². The number of nitriles is 1. The molecule has 2 heterocycles. The molecule has 1 atom stereocenters. The fourth-order valence-electron chi connectivity index (χ4n) is 4.27.